The van der Waals surface area contributed by atoms with Gasteiger partial charge in [0.25, 0.3) is 0 Å². The van der Waals surface area contributed by atoms with Gasteiger partial charge in [-0.15, -0.1) is 0 Å². The van der Waals surface area contributed by atoms with Gasteiger partial charge in [0.15, 0.2) is 0 Å². The molecule has 0 bridgehead atoms. The summed E-state index contributed by atoms with van der Waals surface area (Å²) in [6.45, 7) is 6.15. The van der Waals surface area contributed by atoms with Gasteiger partial charge in [0.1, 0.15) is 17.6 Å². The monoisotopic (exact) mass is 524 g/mol. The third kappa shape index (κ3) is 7.39. The first kappa shape index (κ1) is 27.7. The Hall–Kier alpha value is -3.30. The van der Waals surface area contributed by atoms with Gasteiger partial charge >= 0.3 is 6.03 Å². The second-order valence-electron chi connectivity index (χ2n) is 10.7. The smallest absolute Gasteiger partial charge is 0.323 e. The molecule has 3 atom stereocenters. The number of benzene rings is 2. The summed E-state index contributed by atoms with van der Waals surface area (Å²) in [7, 11) is 3.71. The number of hydrogen-bond acceptors (Lipinski definition) is 6. The highest BCUT2D eigenvalue weighted by Gasteiger charge is 2.32. The number of likely N-dealkylation sites (N-methyl/N-ethyl adjacent to an activating group) is 1. The van der Waals surface area contributed by atoms with E-state index in [1.54, 1.807) is 48.4 Å². The Bertz CT molecular complexity index is 1100. The van der Waals surface area contributed by atoms with Crippen LogP contribution in [0.1, 0.15) is 32.3 Å². The fourth-order valence-electron chi connectivity index (χ4n) is 4.82. The van der Waals surface area contributed by atoms with E-state index in [1.807, 2.05) is 13.0 Å². The molecular formula is C29H40N4O5. The second kappa shape index (κ2) is 12.5. The highest BCUT2D eigenvalue weighted by atomic mass is 16.5. The Balaban J connectivity index is 1.53. The summed E-state index contributed by atoms with van der Waals surface area (Å²) < 4.78 is 11.7. The predicted octanol–water partition coefficient (Wildman–Crippen LogP) is 3.83. The van der Waals surface area contributed by atoms with Gasteiger partial charge in [-0.05, 0) is 75.2 Å². The zero-order valence-electron chi connectivity index (χ0n) is 22.8. The molecular weight excluding hydrogens is 484 g/mol. The Labute approximate surface area is 225 Å². The number of ether oxygens (including phenoxy) is 2. The van der Waals surface area contributed by atoms with E-state index >= 15 is 0 Å². The van der Waals surface area contributed by atoms with Crippen molar-refractivity contribution in [2.45, 2.75) is 45.3 Å². The zero-order valence-corrected chi connectivity index (χ0v) is 22.8. The van der Waals surface area contributed by atoms with Crippen LogP contribution in [0.3, 0.4) is 0 Å². The van der Waals surface area contributed by atoms with Gasteiger partial charge in [-0.2, -0.15) is 0 Å². The summed E-state index contributed by atoms with van der Waals surface area (Å²) in [5, 5.41) is 15.5. The molecule has 9 heteroatoms. The summed E-state index contributed by atoms with van der Waals surface area (Å²) in [6.07, 6.45) is 2.56. The number of carbonyl (C=O) groups is 2. The molecule has 9 nitrogen and oxygen atoms in total. The van der Waals surface area contributed by atoms with Crippen molar-refractivity contribution in [3.05, 3.63) is 48.0 Å². The lowest BCUT2D eigenvalue weighted by molar-refractivity contribution is -0.134. The van der Waals surface area contributed by atoms with E-state index in [0.717, 1.165) is 19.0 Å². The van der Waals surface area contributed by atoms with Crippen molar-refractivity contribution in [2.75, 3.05) is 51.0 Å². The van der Waals surface area contributed by atoms with E-state index < -0.39 is 6.03 Å². The number of methoxy groups -OCH3 is 1. The summed E-state index contributed by atoms with van der Waals surface area (Å²) in [4.78, 5) is 30.1. The Morgan fingerprint density at radius 2 is 1.84 bits per heavy atom. The van der Waals surface area contributed by atoms with Crippen LogP contribution >= 0.6 is 0 Å². The van der Waals surface area contributed by atoms with Crippen LogP contribution in [0.25, 0.3) is 0 Å². The van der Waals surface area contributed by atoms with Crippen LogP contribution in [-0.2, 0) is 11.2 Å². The maximum atomic E-state index is 13.4. The summed E-state index contributed by atoms with van der Waals surface area (Å²) in [5.41, 5.74) is 1.89. The van der Waals surface area contributed by atoms with Gasteiger partial charge in [0.2, 0.25) is 5.91 Å². The first-order valence-electron chi connectivity index (χ1n) is 13.4. The fourth-order valence-corrected chi connectivity index (χ4v) is 4.82. The van der Waals surface area contributed by atoms with Crippen molar-refractivity contribution in [3.63, 3.8) is 0 Å². The van der Waals surface area contributed by atoms with Gasteiger partial charge in [-0.25, -0.2) is 4.79 Å². The molecule has 3 amide bonds. The Morgan fingerprint density at radius 1 is 1.16 bits per heavy atom. The SMILES string of the molecule is COc1ccc(NC(=O)Nc2ccc3c(c2)CC(=O)N([C@@H](C)CO)C[C@@H](C)[C@@H](CN(C)CC2CC2)O3)cc1. The van der Waals surface area contributed by atoms with Gasteiger partial charge in [0.05, 0.1) is 26.2 Å². The van der Waals surface area contributed by atoms with Crippen LogP contribution in [0.2, 0.25) is 0 Å². The maximum Gasteiger partial charge on any atom is 0.323 e. The van der Waals surface area contributed by atoms with Crippen LogP contribution < -0.4 is 20.1 Å². The van der Waals surface area contributed by atoms with Crippen LogP contribution in [0.5, 0.6) is 11.5 Å². The average Bonchev–Trinajstić information content (AvgIpc) is 3.71. The van der Waals surface area contributed by atoms with Gasteiger partial charge in [0, 0.05) is 42.5 Å². The van der Waals surface area contributed by atoms with Crippen molar-refractivity contribution < 1.29 is 24.2 Å². The molecule has 2 aromatic rings. The molecule has 0 saturated heterocycles. The minimum atomic E-state index is -0.394. The number of aliphatic hydroxyl groups excluding tert-OH is 1. The number of carbonyl (C=O) groups excluding carboxylic acids is 2. The van der Waals surface area contributed by atoms with Crippen molar-refractivity contribution in [2.24, 2.45) is 11.8 Å². The first-order valence-corrected chi connectivity index (χ1v) is 13.4. The highest BCUT2D eigenvalue weighted by Crippen LogP contribution is 2.31. The molecule has 1 fully saturated rings. The average molecular weight is 525 g/mol. The summed E-state index contributed by atoms with van der Waals surface area (Å²) in [5.74, 6) is 2.11. The van der Waals surface area contributed by atoms with E-state index in [0.29, 0.717) is 35.0 Å². The quantitative estimate of drug-likeness (QED) is 0.461. The molecule has 206 valence electrons. The number of urea groups is 1. The number of fused-ring (bicyclic) bond motifs is 1. The lowest BCUT2D eigenvalue weighted by Crippen LogP contribution is -2.47. The van der Waals surface area contributed by atoms with E-state index in [2.05, 4.69) is 29.5 Å². The number of aliphatic hydroxyl groups is 1. The molecule has 1 aliphatic carbocycles. The standard InChI is InChI=1S/C29H40N4O5/c1-19-15-33(20(2)18-34)28(35)14-22-13-24(31-29(36)30-23-7-10-25(37-4)11-8-23)9-12-26(22)38-27(19)17-32(3)16-21-5-6-21/h7-13,19-21,27,34H,5-6,14-18H2,1-4H3,(H2,30,31,36)/t19-,20+,27-/m1/s1. The second-order valence-corrected chi connectivity index (χ2v) is 10.7. The molecule has 0 aromatic heterocycles. The highest BCUT2D eigenvalue weighted by molar-refractivity contribution is 6.00. The molecule has 2 aromatic carbocycles. The van der Waals surface area contributed by atoms with Gasteiger partial charge in [-0.3, -0.25) is 4.79 Å². The Kier molecular flexibility index (Phi) is 9.12. The molecule has 0 radical (unpaired) electrons. The molecule has 3 N–H and O–H groups in total. The number of nitrogens with zero attached hydrogens (tertiary/aromatic N) is 2. The number of rotatable bonds is 9. The summed E-state index contributed by atoms with van der Waals surface area (Å²) in [6, 6.07) is 11.8. The number of amides is 3. The van der Waals surface area contributed by atoms with Crippen molar-refractivity contribution in [3.8, 4) is 11.5 Å². The lowest BCUT2D eigenvalue weighted by Gasteiger charge is -2.34. The van der Waals surface area contributed by atoms with Gasteiger partial charge in [-0.1, -0.05) is 6.92 Å². The molecule has 0 unspecified atom stereocenters. The number of hydrogen-bond donors (Lipinski definition) is 3. The van der Waals surface area contributed by atoms with E-state index in [1.165, 1.54) is 12.8 Å². The van der Waals surface area contributed by atoms with Crippen LogP contribution in [0.15, 0.2) is 42.5 Å². The van der Waals surface area contributed by atoms with Gasteiger partial charge < -0.3 is 35.0 Å². The maximum absolute atomic E-state index is 13.4. The zero-order chi connectivity index (χ0) is 27.2. The summed E-state index contributed by atoms with van der Waals surface area (Å²) >= 11 is 0. The van der Waals surface area contributed by atoms with Crippen LogP contribution in [0.4, 0.5) is 16.2 Å². The molecule has 0 spiro atoms. The molecule has 2 aliphatic rings. The lowest BCUT2D eigenvalue weighted by atomic mass is 10.0. The van der Waals surface area contributed by atoms with Crippen molar-refractivity contribution in [1.29, 1.82) is 0 Å². The van der Waals surface area contributed by atoms with E-state index in [9.17, 15) is 14.7 Å². The number of nitrogens with one attached hydrogen (secondary N) is 2. The third-order valence-corrected chi connectivity index (χ3v) is 7.28. The topological polar surface area (TPSA) is 103 Å². The molecule has 1 aliphatic heterocycles. The molecule has 1 heterocycles. The first-order chi connectivity index (χ1) is 18.2. The Morgan fingerprint density at radius 3 is 2.50 bits per heavy atom. The minimum Gasteiger partial charge on any atom is -0.497 e. The third-order valence-electron chi connectivity index (χ3n) is 7.28. The molecule has 4 rings (SSSR count). The van der Waals surface area contributed by atoms with Crippen molar-refractivity contribution >= 4 is 23.3 Å². The molecule has 38 heavy (non-hydrogen) atoms. The van der Waals surface area contributed by atoms with E-state index in [-0.39, 0.29) is 37.0 Å². The van der Waals surface area contributed by atoms with Crippen LogP contribution in [-0.4, -0.2) is 79.4 Å². The predicted molar refractivity (Wildman–Crippen MR) is 148 cm³/mol. The largest absolute Gasteiger partial charge is 0.497 e. The molecule has 1 saturated carbocycles. The number of anilines is 2. The normalized spacial score (nSPS) is 20.5. The van der Waals surface area contributed by atoms with Crippen molar-refractivity contribution in [1.82, 2.24) is 9.80 Å². The fraction of sp³-hybridized carbons (Fsp3) is 0.517. The van der Waals surface area contributed by atoms with E-state index in [4.69, 9.17) is 9.47 Å². The minimum absolute atomic E-state index is 0.0635. The van der Waals surface area contributed by atoms with Crippen LogP contribution in [0, 0.1) is 11.8 Å².